The molecule has 1 saturated heterocycles. The van der Waals surface area contributed by atoms with Crippen molar-refractivity contribution < 1.29 is 29.2 Å². The first-order valence-electron chi connectivity index (χ1n) is 6.43. The quantitative estimate of drug-likeness (QED) is 0.516. The Morgan fingerprint density at radius 1 is 1.57 bits per heavy atom. The smallest absolute Gasteiger partial charge is 0.351 e. The molecule has 1 aromatic rings. The Kier molecular flexibility index (Phi) is 4.89. The Morgan fingerprint density at radius 3 is 2.78 bits per heavy atom. The van der Waals surface area contributed by atoms with Gasteiger partial charge in [-0.1, -0.05) is 0 Å². The van der Waals surface area contributed by atoms with Crippen LogP contribution in [0.15, 0.2) is 29.0 Å². The lowest BCUT2D eigenvalue weighted by Crippen LogP contribution is -2.32. The second kappa shape index (κ2) is 6.69. The number of aliphatic carboxylic acids is 1. The summed E-state index contributed by atoms with van der Waals surface area (Å²) in [5.74, 6) is -1.45. The van der Waals surface area contributed by atoms with Crippen molar-refractivity contribution in [1.82, 2.24) is 9.55 Å². The number of carbonyl (C=O) groups is 1. The van der Waals surface area contributed by atoms with Gasteiger partial charge in [0.1, 0.15) is 18.0 Å². The Hall–Kier alpha value is -2.56. The van der Waals surface area contributed by atoms with Gasteiger partial charge in [0.25, 0.3) is 0 Å². The number of nitrogen functional groups attached to an aromatic ring is 1. The van der Waals surface area contributed by atoms with E-state index in [1.165, 1.54) is 0 Å². The minimum absolute atomic E-state index is 0.0982. The molecule has 0 radical (unpaired) electrons. The normalized spacial score (nSPS) is 26.2. The maximum Gasteiger partial charge on any atom is 0.351 e. The predicted octanol–water partition coefficient (Wildman–Crippen LogP) is -0.973. The third kappa shape index (κ3) is 3.28. The predicted molar refractivity (Wildman–Crippen MR) is 75.8 cm³/mol. The van der Waals surface area contributed by atoms with Gasteiger partial charge < -0.3 is 25.8 Å². The van der Waals surface area contributed by atoms with Crippen molar-refractivity contribution in [2.24, 2.45) is 0 Å². The number of nitrogens with two attached hydrogens (primary N) is 1. The second-order valence-electron chi connectivity index (χ2n) is 4.69. The monoisotopic (exact) mass is 327 g/mol. The average Bonchev–Trinajstić information content (AvgIpc) is 2.82. The Labute approximate surface area is 128 Å². The zero-order valence-corrected chi connectivity index (χ0v) is 11.7. The number of anilines is 1. The van der Waals surface area contributed by atoms with E-state index in [2.05, 4.69) is 4.98 Å². The van der Waals surface area contributed by atoms with Gasteiger partial charge in [-0.15, -0.1) is 0 Å². The molecule has 1 aromatic heterocycles. The zero-order valence-electron chi connectivity index (χ0n) is 11.7. The highest BCUT2D eigenvalue weighted by Crippen LogP contribution is 2.33. The number of rotatable bonds is 4. The van der Waals surface area contributed by atoms with Gasteiger partial charge in [0.15, 0.2) is 6.23 Å². The topological polar surface area (TPSA) is 148 Å². The van der Waals surface area contributed by atoms with Crippen molar-refractivity contribution in [2.45, 2.75) is 18.4 Å². The summed E-state index contributed by atoms with van der Waals surface area (Å²) in [6.45, 7) is -0.591. The number of carboxylic acids is 1. The Bertz CT molecular complexity index is 729. The van der Waals surface area contributed by atoms with Crippen LogP contribution in [0.5, 0.6) is 0 Å². The number of aliphatic hydroxyl groups is 2. The van der Waals surface area contributed by atoms with Crippen molar-refractivity contribution in [3.05, 3.63) is 40.2 Å². The fraction of sp³-hybridized carbons (Fsp3) is 0.308. The summed E-state index contributed by atoms with van der Waals surface area (Å²) in [6, 6.07) is 0. The Morgan fingerprint density at radius 2 is 2.26 bits per heavy atom. The van der Waals surface area contributed by atoms with E-state index in [1.54, 1.807) is 0 Å². The highest BCUT2D eigenvalue weighted by molar-refractivity contribution is 5.86. The summed E-state index contributed by atoms with van der Waals surface area (Å²) >= 11 is 0. The van der Waals surface area contributed by atoms with Gasteiger partial charge in [0.05, 0.1) is 12.9 Å². The van der Waals surface area contributed by atoms with Crippen molar-refractivity contribution in [3.63, 3.8) is 0 Å². The molecule has 0 bridgehead atoms. The van der Waals surface area contributed by atoms with Crippen LogP contribution >= 0.6 is 0 Å². The van der Waals surface area contributed by atoms with E-state index in [9.17, 15) is 19.1 Å². The van der Waals surface area contributed by atoms with Crippen LogP contribution in [0.2, 0.25) is 0 Å². The molecule has 0 aliphatic carbocycles. The Balaban J connectivity index is 2.46. The van der Waals surface area contributed by atoms with Crippen LogP contribution < -0.4 is 11.4 Å². The molecule has 2 rings (SSSR count). The third-order valence-corrected chi connectivity index (χ3v) is 3.27. The molecular formula is C13H14FN3O6. The zero-order chi connectivity index (χ0) is 17.1. The van der Waals surface area contributed by atoms with Gasteiger partial charge in [0.2, 0.25) is 0 Å². The summed E-state index contributed by atoms with van der Waals surface area (Å²) in [7, 11) is 0. The molecule has 23 heavy (non-hydrogen) atoms. The maximum atomic E-state index is 12.8. The minimum atomic E-state index is -1.52. The summed E-state index contributed by atoms with van der Waals surface area (Å²) in [4.78, 5) is 26.0. The van der Waals surface area contributed by atoms with E-state index in [0.29, 0.717) is 0 Å². The molecule has 10 heteroatoms. The van der Waals surface area contributed by atoms with Crippen LogP contribution in [-0.4, -0.2) is 49.7 Å². The van der Waals surface area contributed by atoms with Crippen molar-refractivity contribution in [2.75, 3.05) is 12.3 Å². The van der Waals surface area contributed by atoms with E-state index >= 15 is 0 Å². The van der Waals surface area contributed by atoms with Crippen LogP contribution in [0.4, 0.5) is 10.2 Å². The van der Waals surface area contributed by atoms with Gasteiger partial charge in [-0.3, -0.25) is 4.57 Å². The minimum Gasteiger partial charge on any atom is -0.478 e. The van der Waals surface area contributed by atoms with Gasteiger partial charge in [-0.2, -0.15) is 4.98 Å². The maximum absolute atomic E-state index is 12.8. The summed E-state index contributed by atoms with van der Waals surface area (Å²) in [5.41, 5.74) is 4.53. The van der Waals surface area contributed by atoms with Crippen molar-refractivity contribution in [1.29, 1.82) is 0 Å². The summed E-state index contributed by atoms with van der Waals surface area (Å²) in [6.07, 6.45) is -0.819. The first-order chi connectivity index (χ1) is 10.9. The van der Waals surface area contributed by atoms with E-state index in [4.69, 9.17) is 20.7 Å². The molecule has 0 spiro atoms. The van der Waals surface area contributed by atoms with Gasteiger partial charge in [-0.25, -0.2) is 14.0 Å². The standard InChI is InChI=1S/C13H14FN3O6/c14-3-7-8(5-18)23-12(10(7)21)17-4-6(1-2-9(19)20)11(15)16-13(17)22/h1-4,8,10,12,18,21H,5H2,(H,19,20)(H2,15,16,22)/b2-1+,7-3-. The lowest BCUT2D eigenvalue weighted by molar-refractivity contribution is -0.131. The molecule has 0 amide bonds. The first kappa shape index (κ1) is 16.8. The molecule has 1 aliphatic rings. The molecule has 0 saturated carbocycles. The molecule has 5 N–H and O–H groups in total. The van der Waals surface area contributed by atoms with Crippen LogP contribution in [0.1, 0.15) is 11.8 Å². The van der Waals surface area contributed by atoms with Crippen LogP contribution in [0.3, 0.4) is 0 Å². The fourth-order valence-electron chi connectivity index (χ4n) is 2.15. The molecule has 0 aromatic carbocycles. The highest BCUT2D eigenvalue weighted by atomic mass is 19.1. The van der Waals surface area contributed by atoms with Crippen LogP contribution in [0.25, 0.3) is 6.08 Å². The number of aromatic nitrogens is 2. The van der Waals surface area contributed by atoms with Gasteiger partial charge in [-0.05, 0) is 6.08 Å². The van der Waals surface area contributed by atoms with Crippen molar-refractivity contribution >= 4 is 17.9 Å². The first-order valence-corrected chi connectivity index (χ1v) is 6.43. The molecule has 1 fully saturated rings. The molecule has 3 unspecified atom stereocenters. The fourth-order valence-corrected chi connectivity index (χ4v) is 2.15. The summed E-state index contributed by atoms with van der Waals surface area (Å²) < 4.78 is 18.9. The number of hydrogen-bond acceptors (Lipinski definition) is 7. The molecule has 9 nitrogen and oxygen atoms in total. The molecule has 1 aliphatic heterocycles. The van der Waals surface area contributed by atoms with E-state index in [-0.39, 0.29) is 23.3 Å². The molecule has 2 heterocycles. The van der Waals surface area contributed by atoms with E-state index in [0.717, 1.165) is 22.9 Å². The largest absolute Gasteiger partial charge is 0.478 e. The van der Waals surface area contributed by atoms with E-state index in [1.807, 2.05) is 0 Å². The lowest BCUT2D eigenvalue weighted by atomic mass is 10.1. The molecular weight excluding hydrogens is 313 g/mol. The van der Waals surface area contributed by atoms with E-state index < -0.39 is 36.7 Å². The lowest BCUT2D eigenvalue weighted by Gasteiger charge is -2.17. The number of ether oxygens (including phenoxy) is 1. The van der Waals surface area contributed by atoms with Gasteiger partial charge in [0, 0.05) is 23.4 Å². The van der Waals surface area contributed by atoms with Crippen LogP contribution in [0, 0.1) is 0 Å². The van der Waals surface area contributed by atoms with Gasteiger partial charge >= 0.3 is 11.7 Å². The van der Waals surface area contributed by atoms with Crippen molar-refractivity contribution in [3.8, 4) is 0 Å². The average molecular weight is 327 g/mol. The molecule has 3 atom stereocenters. The third-order valence-electron chi connectivity index (χ3n) is 3.27. The SMILES string of the molecule is Nc1nc(=O)n(C2OC(CO)/C(=C/F)C2O)cc1/C=C/C(=O)O. The number of carboxylic acid groups (broad SMARTS) is 1. The summed E-state index contributed by atoms with van der Waals surface area (Å²) in [5, 5.41) is 27.8. The highest BCUT2D eigenvalue weighted by Gasteiger charge is 2.40. The number of nitrogens with zero attached hydrogens (tertiary/aromatic N) is 2. The van der Waals surface area contributed by atoms with Crippen LogP contribution in [-0.2, 0) is 9.53 Å². The molecule has 124 valence electrons. The number of hydrogen-bond donors (Lipinski definition) is 4. The number of halogens is 1. The number of aliphatic hydroxyl groups excluding tert-OH is 2. The second-order valence-corrected chi connectivity index (χ2v) is 4.69.